The Hall–Kier alpha value is -0.660. The lowest BCUT2D eigenvalue weighted by Gasteiger charge is -2.23. The summed E-state index contributed by atoms with van der Waals surface area (Å²) in [6, 6.07) is -1.23. The Bertz CT molecular complexity index is 394. The van der Waals surface area contributed by atoms with Gasteiger partial charge in [0.25, 0.3) is 0 Å². The number of rotatable bonds is 7. The van der Waals surface area contributed by atoms with Gasteiger partial charge >= 0.3 is 5.97 Å². The highest BCUT2D eigenvalue weighted by molar-refractivity contribution is 7.89. The van der Waals surface area contributed by atoms with Crippen LogP contribution in [0.25, 0.3) is 0 Å². The van der Waals surface area contributed by atoms with Crippen molar-refractivity contribution < 1.29 is 23.1 Å². The second kappa shape index (κ2) is 5.54. The van der Waals surface area contributed by atoms with E-state index in [2.05, 4.69) is 4.72 Å². The summed E-state index contributed by atoms with van der Waals surface area (Å²) < 4.78 is 30.9. The van der Waals surface area contributed by atoms with E-state index in [1.54, 1.807) is 20.8 Å². The van der Waals surface area contributed by atoms with Gasteiger partial charge < -0.3 is 9.84 Å². The third-order valence-corrected chi connectivity index (χ3v) is 4.01. The molecule has 0 heterocycles. The van der Waals surface area contributed by atoms with Gasteiger partial charge in [0.2, 0.25) is 10.0 Å². The van der Waals surface area contributed by atoms with Gasteiger partial charge in [-0.05, 0) is 39.5 Å². The monoisotopic (exact) mass is 279 g/mol. The predicted molar refractivity (Wildman–Crippen MR) is 66.8 cm³/mol. The van der Waals surface area contributed by atoms with E-state index in [1.807, 2.05) is 0 Å². The largest absolute Gasteiger partial charge is 0.480 e. The van der Waals surface area contributed by atoms with E-state index < -0.39 is 27.6 Å². The molecule has 18 heavy (non-hydrogen) atoms. The van der Waals surface area contributed by atoms with Crippen molar-refractivity contribution in [1.29, 1.82) is 0 Å². The minimum Gasteiger partial charge on any atom is -0.480 e. The molecular weight excluding hydrogens is 258 g/mol. The number of ether oxygens (including phenoxy) is 1. The van der Waals surface area contributed by atoms with Gasteiger partial charge in [0.1, 0.15) is 6.04 Å². The van der Waals surface area contributed by atoms with Crippen LogP contribution in [0.2, 0.25) is 0 Å². The Labute approximate surface area is 108 Å². The summed E-state index contributed by atoms with van der Waals surface area (Å²) in [5.74, 6) is -1.04. The standard InChI is InChI=1S/C11H21NO5S/c1-11(2,3)17-6-9(10(13)14)12-18(15,16)7-8-4-5-8/h8-9,12H,4-7H2,1-3H3,(H,13,14)/t9-/m0/s1. The molecule has 0 aromatic carbocycles. The van der Waals surface area contributed by atoms with Crippen LogP contribution in [-0.4, -0.2) is 43.5 Å². The number of hydrogen-bond acceptors (Lipinski definition) is 4. The maximum Gasteiger partial charge on any atom is 0.324 e. The molecule has 0 amide bonds. The fourth-order valence-corrected chi connectivity index (χ4v) is 3.00. The number of carboxylic acid groups (broad SMARTS) is 1. The quantitative estimate of drug-likeness (QED) is 0.711. The van der Waals surface area contributed by atoms with Crippen LogP contribution in [0.4, 0.5) is 0 Å². The third-order valence-electron chi connectivity index (χ3n) is 2.45. The molecule has 0 unspecified atom stereocenters. The van der Waals surface area contributed by atoms with Gasteiger partial charge in [-0.3, -0.25) is 4.79 Å². The molecule has 1 atom stereocenters. The van der Waals surface area contributed by atoms with Gasteiger partial charge in [-0.1, -0.05) is 0 Å². The van der Waals surface area contributed by atoms with Crippen LogP contribution in [0.1, 0.15) is 33.6 Å². The van der Waals surface area contributed by atoms with Gasteiger partial charge in [0.05, 0.1) is 18.0 Å². The molecule has 1 rings (SSSR count). The fraction of sp³-hybridized carbons (Fsp3) is 0.909. The van der Waals surface area contributed by atoms with E-state index in [4.69, 9.17) is 9.84 Å². The fourth-order valence-electron chi connectivity index (χ4n) is 1.35. The first-order chi connectivity index (χ1) is 8.09. The topological polar surface area (TPSA) is 92.7 Å². The summed E-state index contributed by atoms with van der Waals surface area (Å²) in [5.41, 5.74) is -0.504. The summed E-state index contributed by atoms with van der Waals surface area (Å²) in [5, 5.41) is 8.98. The number of carbonyl (C=O) groups is 1. The van der Waals surface area contributed by atoms with Crippen LogP contribution < -0.4 is 4.72 Å². The lowest BCUT2D eigenvalue weighted by atomic mass is 10.2. The molecular formula is C11H21NO5S. The average molecular weight is 279 g/mol. The summed E-state index contributed by atoms with van der Waals surface area (Å²) in [7, 11) is -3.54. The summed E-state index contributed by atoms with van der Waals surface area (Å²) in [6.07, 6.45) is 1.80. The van der Waals surface area contributed by atoms with Crippen molar-refractivity contribution in [2.45, 2.75) is 45.3 Å². The number of aliphatic carboxylic acids is 1. The summed E-state index contributed by atoms with van der Waals surface area (Å²) in [4.78, 5) is 11.0. The van der Waals surface area contributed by atoms with E-state index >= 15 is 0 Å². The van der Waals surface area contributed by atoms with E-state index in [-0.39, 0.29) is 18.3 Å². The van der Waals surface area contributed by atoms with Gasteiger partial charge in [-0.25, -0.2) is 8.42 Å². The Morgan fingerprint density at radius 1 is 1.44 bits per heavy atom. The molecule has 0 aromatic rings. The first-order valence-corrected chi connectivity index (χ1v) is 7.61. The second-order valence-corrected chi connectivity index (χ2v) is 7.46. The van der Waals surface area contributed by atoms with Gasteiger partial charge in [0, 0.05) is 0 Å². The number of hydrogen-bond donors (Lipinski definition) is 2. The van der Waals surface area contributed by atoms with E-state index in [0.29, 0.717) is 0 Å². The van der Waals surface area contributed by atoms with Gasteiger partial charge in [0.15, 0.2) is 0 Å². The van der Waals surface area contributed by atoms with E-state index in [9.17, 15) is 13.2 Å². The van der Waals surface area contributed by atoms with Crippen LogP contribution in [0.15, 0.2) is 0 Å². The average Bonchev–Trinajstić information content (AvgIpc) is 2.93. The van der Waals surface area contributed by atoms with E-state index in [1.165, 1.54) is 0 Å². The summed E-state index contributed by atoms with van der Waals surface area (Å²) >= 11 is 0. The highest BCUT2D eigenvalue weighted by atomic mass is 32.2. The van der Waals surface area contributed by atoms with Gasteiger partial charge in [-0.15, -0.1) is 0 Å². The molecule has 0 aromatic heterocycles. The number of nitrogens with one attached hydrogen (secondary N) is 1. The van der Waals surface area contributed by atoms with Crippen LogP contribution in [0.5, 0.6) is 0 Å². The van der Waals surface area contributed by atoms with Gasteiger partial charge in [-0.2, -0.15) is 4.72 Å². The Kier molecular flexibility index (Phi) is 4.74. The number of sulfonamides is 1. The van der Waals surface area contributed by atoms with Crippen molar-refractivity contribution in [2.24, 2.45) is 5.92 Å². The molecule has 6 nitrogen and oxygen atoms in total. The van der Waals surface area contributed by atoms with Crippen molar-refractivity contribution in [3.05, 3.63) is 0 Å². The Morgan fingerprint density at radius 2 is 2.00 bits per heavy atom. The molecule has 0 radical (unpaired) electrons. The first kappa shape index (κ1) is 15.4. The smallest absolute Gasteiger partial charge is 0.324 e. The van der Waals surface area contributed by atoms with Crippen LogP contribution in [-0.2, 0) is 19.6 Å². The van der Waals surface area contributed by atoms with Crippen molar-refractivity contribution >= 4 is 16.0 Å². The minimum atomic E-state index is -3.54. The van der Waals surface area contributed by atoms with Crippen molar-refractivity contribution in [3.63, 3.8) is 0 Å². The lowest BCUT2D eigenvalue weighted by molar-refractivity contribution is -0.142. The molecule has 1 fully saturated rings. The maximum absolute atomic E-state index is 11.7. The zero-order valence-electron chi connectivity index (χ0n) is 11.0. The molecule has 0 saturated heterocycles. The minimum absolute atomic E-state index is 0.00625. The Morgan fingerprint density at radius 3 is 2.39 bits per heavy atom. The molecule has 1 aliphatic rings. The number of carboxylic acids is 1. The summed E-state index contributed by atoms with van der Waals surface area (Å²) in [6.45, 7) is 5.17. The Balaban J connectivity index is 2.53. The SMILES string of the molecule is CC(C)(C)OC[C@H](NS(=O)(=O)CC1CC1)C(=O)O. The molecule has 1 saturated carbocycles. The molecule has 0 bridgehead atoms. The van der Waals surface area contributed by atoms with Crippen LogP contribution >= 0.6 is 0 Å². The van der Waals surface area contributed by atoms with Crippen molar-refractivity contribution in [3.8, 4) is 0 Å². The highest BCUT2D eigenvalue weighted by Crippen LogP contribution is 2.30. The van der Waals surface area contributed by atoms with Crippen molar-refractivity contribution in [2.75, 3.05) is 12.4 Å². The highest BCUT2D eigenvalue weighted by Gasteiger charge is 2.31. The second-order valence-electron chi connectivity index (χ2n) is 5.66. The molecule has 2 N–H and O–H groups in total. The predicted octanol–water partition coefficient (Wildman–Crippen LogP) is 0.584. The first-order valence-electron chi connectivity index (χ1n) is 5.96. The van der Waals surface area contributed by atoms with E-state index in [0.717, 1.165) is 12.8 Å². The lowest BCUT2D eigenvalue weighted by Crippen LogP contribution is -2.46. The molecule has 0 spiro atoms. The molecule has 7 heteroatoms. The maximum atomic E-state index is 11.7. The molecule has 1 aliphatic carbocycles. The third kappa shape index (κ3) is 6.32. The van der Waals surface area contributed by atoms with Crippen LogP contribution in [0, 0.1) is 5.92 Å². The normalized spacial score (nSPS) is 18.6. The van der Waals surface area contributed by atoms with Crippen molar-refractivity contribution in [1.82, 2.24) is 4.72 Å². The zero-order valence-corrected chi connectivity index (χ0v) is 11.8. The van der Waals surface area contributed by atoms with Crippen LogP contribution in [0.3, 0.4) is 0 Å². The molecule has 0 aliphatic heterocycles. The molecule has 106 valence electrons. The zero-order chi connectivity index (χ0) is 14.0.